The van der Waals surface area contributed by atoms with Gasteiger partial charge in [-0.25, -0.2) is 0 Å². The molecule has 3 aromatic rings. The van der Waals surface area contributed by atoms with Crippen molar-refractivity contribution in [3.8, 4) is 28.6 Å². The Morgan fingerprint density at radius 3 is 2.46 bits per heavy atom. The number of para-hydroxylation sites is 1. The Labute approximate surface area is 210 Å². The first-order chi connectivity index (χ1) is 17.0. The number of carbonyl (C=O) groups is 1. The minimum atomic E-state index is 0.0758. The fourth-order valence-corrected chi connectivity index (χ4v) is 5.30. The number of rotatable bonds is 10. The molecule has 0 saturated heterocycles. The number of carbonyl (C=O) groups excluding carboxylic acids is 1. The van der Waals surface area contributed by atoms with Crippen LogP contribution in [0.4, 0.5) is 5.69 Å². The highest BCUT2D eigenvalue weighted by Crippen LogP contribution is 2.41. The second-order valence-electron chi connectivity index (χ2n) is 8.46. The molecule has 2 aromatic carbocycles. The fourth-order valence-electron chi connectivity index (χ4n) is 4.48. The smallest absolute Gasteiger partial charge is 0.237 e. The van der Waals surface area contributed by atoms with E-state index in [-0.39, 0.29) is 17.7 Å². The Bertz CT molecular complexity index is 1170. The molecule has 0 saturated carbocycles. The highest BCUT2D eigenvalue weighted by Gasteiger charge is 2.31. The molecule has 1 aromatic heterocycles. The number of aromatic nitrogens is 3. The summed E-state index contributed by atoms with van der Waals surface area (Å²) in [6, 6.07) is 12.0. The maximum atomic E-state index is 13.2. The number of methoxy groups -OCH3 is 3. The summed E-state index contributed by atoms with van der Waals surface area (Å²) in [4.78, 5) is 15.1. The summed E-state index contributed by atoms with van der Waals surface area (Å²) in [5, 5.41) is 9.66. The first-order valence-corrected chi connectivity index (χ1v) is 12.8. The molecule has 1 amide bonds. The van der Waals surface area contributed by atoms with Crippen molar-refractivity contribution in [2.24, 2.45) is 0 Å². The van der Waals surface area contributed by atoms with E-state index in [1.165, 1.54) is 17.3 Å². The number of benzene rings is 2. The number of amides is 1. The second-order valence-corrected chi connectivity index (χ2v) is 9.40. The van der Waals surface area contributed by atoms with E-state index in [0.717, 1.165) is 42.2 Å². The first kappa shape index (κ1) is 24.9. The van der Waals surface area contributed by atoms with E-state index in [0.29, 0.717) is 23.1 Å². The van der Waals surface area contributed by atoms with Crippen LogP contribution >= 0.6 is 11.8 Å². The topological polar surface area (TPSA) is 78.7 Å². The van der Waals surface area contributed by atoms with Crippen LogP contribution in [0.3, 0.4) is 0 Å². The molecular weight excluding hydrogens is 464 g/mol. The summed E-state index contributed by atoms with van der Waals surface area (Å²) in [6.07, 6.45) is 2.87. The number of ether oxygens (including phenoxy) is 3. The molecule has 1 aliphatic heterocycles. The SMILES string of the molecule is CCCCn1c(SCC(=O)N2c3ccccc3C[C@@H]2C)nnc1-c1cc(OC)c(OC)c(OC)c1. The third-order valence-electron chi connectivity index (χ3n) is 6.18. The third-order valence-corrected chi connectivity index (χ3v) is 7.13. The standard InChI is InChI=1S/C26H32N4O4S/c1-6-7-12-29-25(19-14-21(32-3)24(34-5)22(15-19)33-4)27-28-26(29)35-16-23(31)30-17(2)13-18-10-8-9-11-20(18)30/h8-11,14-15,17H,6-7,12-13,16H2,1-5H3/t17-/m0/s1. The van der Waals surface area contributed by atoms with Gasteiger partial charge in [0.2, 0.25) is 11.7 Å². The van der Waals surface area contributed by atoms with Crippen molar-refractivity contribution in [3.63, 3.8) is 0 Å². The van der Waals surface area contributed by atoms with Crippen molar-refractivity contribution in [2.45, 2.75) is 50.9 Å². The van der Waals surface area contributed by atoms with Gasteiger partial charge in [-0.2, -0.15) is 0 Å². The van der Waals surface area contributed by atoms with E-state index in [4.69, 9.17) is 14.2 Å². The lowest BCUT2D eigenvalue weighted by Crippen LogP contribution is -2.37. The monoisotopic (exact) mass is 496 g/mol. The molecule has 0 unspecified atom stereocenters. The minimum Gasteiger partial charge on any atom is -0.493 e. The number of anilines is 1. The van der Waals surface area contributed by atoms with E-state index < -0.39 is 0 Å². The van der Waals surface area contributed by atoms with Crippen molar-refractivity contribution in [1.82, 2.24) is 14.8 Å². The van der Waals surface area contributed by atoms with Gasteiger partial charge in [0.05, 0.1) is 27.1 Å². The molecule has 0 bridgehead atoms. The zero-order chi connectivity index (χ0) is 24.9. The van der Waals surface area contributed by atoms with Crippen LogP contribution in [-0.2, 0) is 17.8 Å². The first-order valence-electron chi connectivity index (χ1n) is 11.8. The van der Waals surface area contributed by atoms with Crippen LogP contribution < -0.4 is 19.1 Å². The van der Waals surface area contributed by atoms with Crippen LogP contribution in [0.2, 0.25) is 0 Å². The van der Waals surface area contributed by atoms with Crippen LogP contribution in [-0.4, -0.2) is 53.8 Å². The van der Waals surface area contributed by atoms with Gasteiger partial charge in [-0.05, 0) is 43.5 Å². The van der Waals surface area contributed by atoms with Crippen LogP contribution in [0.5, 0.6) is 17.2 Å². The molecule has 1 atom stereocenters. The summed E-state index contributed by atoms with van der Waals surface area (Å²) in [5.41, 5.74) is 3.04. The van der Waals surface area contributed by atoms with Crippen molar-refractivity contribution >= 4 is 23.4 Å². The number of hydrogen-bond acceptors (Lipinski definition) is 7. The van der Waals surface area contributed by atoms with Gasteiger partial charge in [-0.15, -0.1) is 10.2 Å². The third kappa shape index (κ3) is 4.96. The Hall–Kier alpha value is -3.20. The summed E-state index contributed by atoms with van der Waals surface area (Å²) in [6.45, 7) is 4.98. The van der Waals surface area contributed by atoms with Gasteiger partial charge in [-0.3, -0.25) is 4.79 Å². The predicted octanol–water partition coefficient (Wildman–Crippen LogP) is 4.84. The molecule has 0 spiro atoms. The highest BCUT2D eigenvalue weighted by atomic mass is 32.2. The zero-order valence-corrected chi connectivity index (χ0v) is 21.7. The molecule has 0 N–H and O–H groups in total. The molecule has 35 heavy (non-hydrogen) atoms. The number of thioether (sulfide) groups is 1. The summed E-state index contributed by atoms with van der Waals surface area (Å²) in [5.74, 6) is 2.70. The Morgan fingerprint density at radius 1 is 1.09 bits per heavy atom. The predicted molar refractivity (Wildman–Crippen MR) is 138 cm³/mol. The molecule has 186 valence electrons. The Kier molecular flexibility index (Phi) is 7.85. The summed E-state index contributed by atoms with van der Waals surface area (Å²) >= 11 is 1.42. The largest absolute Gasteiger partial charge is 0.493 e. The van der Waals surface area contributed by atoms with E-state index in [2.05, 4.69) is 34.7 Å². The average Bonchev–Trinajstić information content (AvgIpc) is 3.44. The Morgan fingerprint density at radius 2 is 1.80 bits per heavy atom. The van der Waals surface area contributed by atoms with Gasteiger partial charge in [0.25, 0.3) is 0 Å². The van der Waals surface area contributed by atoms with Crippen LogP contribution in [0.1, 0.15) is 32.3 Å². The molecule has 1 aliphatic rings. The second kappa shape index (κ2) is 11.0. The van der Waals surface area contributed by atoms with Crippen molar-refractivity contribution in [1.29, 1.82) is 0 Å². The molecule has 8 nitrogen and oxygen atoms in total. The average molecular weight is 497 g/mol. The molecule has 2 heterocycles. The zero-order valence-electron chi connectivity index (χ0n) is 20.9. The van der Waals surface area contributed by atoms with E-state index in [9.17, 15) is 4.79 Å². The van der Waals surface area contributed by atoms with E-state index >= 15 is 0 Å². The summed E-state index contributed by atoms with van der Waals surface area (Å²) < 4.78 is 18.6. The van der Waals surface area contributed by atoms with Crippen molar-refractivity contribution < 1.29 is 19.0 Å². The summed E-state index contributed by atoms with van der Waals surface area (Å²) in [7, 11) is 4.76. The lowest BCUT2D eigenvalue weighted by molar-refractivity contribution is -0.116. The van der Waals surface area contributed by atoms with Crippen LogP contribution in [0.15, 0.2) is 41.6 Å². The van der Waals surface area contributed by atoms with Gasteiger partial charge >= 0.3 is 0 Å². The highest BCUT2D eigenvalue weighted by molar-refractivity contribution is 7.99. The molecule has 9 heteroatoms. The van der Waals surface area contributed by atoms with Gasteiger partial charge in [-0.1, -0.05) is 43.3 Å². The quantitative estimate of drug-likeness (QED) is 0.372. The van der Waals surface area contributed by atoms with E-state index in [1.807, 2.05) is 35.2 Å². The number of hydrogen-bond donors (Lipinski definition) is 0. The van der Waals surface area contributed by atoms with Crippen molar-refractivity contribution in [3.05, 3.63) is 42.0 Å². The van der Waals surface area contributed by atoms with Crippen LogP contribution in [0, 0.1) is 0 Å². The molecular formula is C26H32N4O4S. The normalized spacial score (nSPS) is 14.7. The van der Waals surface area contributed by atoms with Gasteiger partial charge in [0.15, 0.2) is 22.5 Å². The van der Waals surface area contributed by atoms with Crippen LogP contribution in [0.25, 0.3) is 11.4 Å². The maximum Gasteiger partial charge on any atom is 0.237 e. The number of nitrogens with zero attached hydrogens (tertiary/aromatic N) is 4. The van der Waals surface area contributed by atoms with Crippen molar-refractivity contribution in [2.75, 3.05) is 32.0 Å². The number of fused-ring (bicyclic) bond motifs is 1. The molecule has 4 rings (SSSR count). The molecule has 0 radical (unpaired) electrons. The maximum absolute atomic E-state index is 13.2. The van der Waals surface area contributed by atoms with E-state index in [1.54, 1.807) is 21.3 Å². The fraction of sp³-hybridized carbons (Fsp3) is 0.423. The van der Waals surface area contributed by atoms with Gasteiger partial charge in [0.1, 0.15) is 0 Å². The molecule has 0 fully saturated rings. The number of unbranched alkanes of at least 4 members (excludes halogenated alkanes) is 1. The lowest BCUT2D eigenvalue weighted by Gasteiger charge is -2.22. The molecule has 0 aliphatic carbocycles. The van der Waals surface area contributed by atoms with Gasteiger partial charge in [0, 0.05) is 23.8 Å². The minimum absolute atomic E-state index is 0.0758. The lowest BCUT2D eigenvalue weighted by atomic mass is 10.1. The Balaban J connectivity index is 1.61. The van der Waals surface area contributed by atoms with Gasteiger partial charge < -0.3 is 23.7 Å².